The van der Waals surface area contributed by atoms with Crippen LogP contribution in [0.15, 0.2) is 18.2 Å². The lowest BCUT2D eigenvalue weighted by atomic mass is 9.99. The Hall–Kier alpha value is -1.30. The van der Waals surface area contributed by atoms with Crippen molar-refractivity contribution < 1.29 is 19.7 Å². The maximum absolute atomic E-state index is 10.6. The molecular weight excluding hydrogens is 258 g/mol. The molecule has 5 nitrogen and oxygen atoms in total. The molecule has 0 aliphatic heterocycles. The zero-order valence-corrected chi connectivity index (χ0v) is 12.4. The molecule has 0 aromatic heterocycles. The molecule has 0 saturated heterocycles. The van der Waals surface area contributed by atoms with Crippen LogP contribution in [0.1, 0.15) is 31.4 Å². The molecule has 2 unspecified atom stereocenters. The molecular formula is C15H25NO4. The van der Waals surface area contributed by atoms with Crippen molar-refractivity contribution in [3.8, 4) is 11.5 Å². The Kier molecular flexibility index (Phi) is 7.36. The summed E-state index contributed by atoms with van der Waals surface area (Å²) in [4.78, 5) is 0. The van der Waals surface area contributed by atoms with Gasteiger partial charge in [-0.25, -0.2) is 0 Å². The van der Waals surface area contributed by atoms with E-state index in [2.05, 4.69) is 5.32 Å². The van der Waals surface area contributed by atoms with Crippen LogP contribution in [0.25, 0.3) is 0 Å². The molecule has 0 bridgehead atoms. The summed E-state index contributed by atoms with van der Waals surface area (Å²) in [6, 6.07) is 5.29. The molecule has 1 aromatic carbocycles. The van der Waals surface area contributed by atoms with E-state index in [0.29, 0.717) is 30.0 Å². The van der Waals surface area contributed by atoms with E-state index in [1.54, 1.807) is 32.4 Å². The highest BCUT2D eigenvalue weighted by atomic mass is 16.5. The van der Waals surface area contributed by atoms with Gasteiger partial charge in [0.1, 0.15) is 11.5 Å². The second-order valence-electron chi connectivity index (χ2n) is 4.60. The van der Waals surface area contributed by atoms with Gasteiger partial charge in [-0.1, -0.05) is 6.92 Å². The average Bonchev–Trinajstić information content (AvgIpc) is 2.50. The topological polar surface area (TPSA) is 71.0 Å². The maximum Gasteiger partial charge on any atom is 0.124 e. The van der Waals surface area contributed by atoms with Gasteiger partial charge in [0, 0.05) is 18.2 Å². The van der Waals surface area contributed by atoms with Crippen LogP contribution in [0.2, 0.25) is 0 Å². The number of rotatable bonds is 9. The van der Waals surface area contributed by atoms with Gasteiger partial charge in [0.25, 0.3) is 0 Å². The fraction of sp³-hybridized carbons (Fsp3) is 0.600. The quantitative estimate of drug-likeness (QED) is 0.599. The first-order valence-electron chi connectivity index (χ1n) is 6.92. The average molecular weight is 283 g/mol. The molecule has 0 heterocycles. The second kappa shape index (κ2) is 8.79. The summed E-state index contributed by atoms with van der Waals surface area (Å²) in [7, 11) is 3.17. The fourth-order valence-electron chi connectivity index (χ4n) is 2.13. The van der Waals surface area contributed by atoms with Crippen LogP contribution in [0.3, 0.4) is 0 Å². The normalized spacial score (nSPS) is 13.8. The first-order valence-corrected chi connectivity index (χ1v) is 6.92. The summed E-state index contributed by atoms with van der Waals surface area (Å²) in [5, 5.41) is 22.6. The minimum atomic E-state index is -0.691. The smallest absolute Gasteiger partial charge is 0.124 e. The highest BCUT2D eigenvalue weighted by Gasteiger charge is 2.22. The molecule has 0 aliphatic carbocycles. The van der Waals surface area contributed by atoms with Crippen LogP contribution >= 0.6 is 0 Å². The Morgan fingerprint density at radius 2 is 2.00 bits per heavy atom. The molecule has 1 rings (SSSR count). The van der Waals surface area contributed by atoms with Crippen molar-refractivity contribution in [2.75, 3.05) is 27.4 Å². The Labute approximate surface area is 120 Å². The zero-order chi connectivity index (χ0) is 15.0. The van der Waals surface area contributed by atoms with Crippen molar-refractivity contribution in [3.05, 3.63) is 23.8 Å². The maximum atomic E-state index is 10.6. The van der Waals surface area contributed by atoms with Gasteiger partial charge in [0.05, 0.1) is 20.3 Å². The predicted octanol–water partition coefficient (Wildman–Crippen LogP) is 1.49. The number of ether oxygens (including phenoxy) is 2. The third kappa shape index (κ3) is 4.37. The second-order valence-corrected chi connectivity index (χ2v) is 4.60. The molecule has 0 amide bonds. The first kappa shape index (κ1) is 16.8. The van der Waals surface area contributed by atoms with Gasteiger partial charge in [0.15, 0.2) is 0 Å². The number of aliphatic hydroxyl groups excluding tert-OH is 2. The highest BCUT2D eigenvalue weighted by molar-refractivity contribution is 5.42. The summed E-state index contributed by atoms with van der Waals surface area (Å²) in [6.45, 7) is 2.81. The molecule has 3 N–H and O–H groups in total. The largest absolute Gasteiger partial charge is 0.497 e. The van der Waals surface area contributed by atoms with Crippen LogP contribution in [-0.2, 0) is 0 Å². The first-order chi connectivity index (χ1) is 9.67. The molecule has 20 heavy (non-hydrogen) atoms. The van der Waals surface area contributed by atoms with Crippen molar-refractivity contribution >= 4 is 0 Å². The van der Waals surface area contributed by atoms with Crippen LogP contribution in [0, 0.1) is 0 Å². The van der Waals surface area contributed by atoms with Crippen LogP contribution in [0.5, 0.6) is 11.5 Å². The highest BCUT2D eigenvalue weighted by Crippen LogP contribution is 2.31. The Bertz CT molecular complexity index is 397. The number of benzene rings is 1. The van der Waals surface area contributed by atoms with Crippen LogP contribution in [-0.4, -0.2) is 43.6 Å². The molecule has 0 radical (unpaired) electrons. The Morgan fingerprint density at radius 3 is 2.55 bits per heavy atom. The lowest BCUT2D eigenvalue weighted by Crippen LogP contribution is -2.35. The van der Waals surface area contributed by atoms with Gasteiger partial charge in [-0.2, -0.15) is 0 Å². The molecule has 0 saturated carbocycles. The molecule has 0 aliphatic rings. The van der Waals surface area contributed by atoms with E-state index in [0.717, 1.165) is 6.42 Å². The number of hydrogen-bond donors (Lipinski definition) is 3. The Balaban J connectivity index is 2.89. The molecule has 1 aromatic rings. The number of methoxy groups -OCH3 is 2. The third-order valence-electron chi connectivity index (χ3n) is 3.32. The van der Waals surface area contributed by atoms with Crippen molar-refractivity contribution in [1.29, 1.82) is 0 Å². The van der Waals surface area contributed by atoms with E-state index in [1.807, 2.05) is 6.92 Å². The Morgan fingerprint density at radius 1 is 1.25 bits per heavy atom. The monoisotopic (exact) mass is 283 g/mol. The minimum Gasteiger partial charge on any atom is -0.497 e. The van der Waals surface area contributed by atoms with Gasteiger partial charge in [-0.15, -0.1) is 0 Å². The molecule has 5 heteroatoms. The predicted molar refractivity (Wildman–Crippen MR) is 78.3 cm³/mol. The van der Waals surface area contributed by atoms with Crippen LogP contribution < -0.4 is 14.8 Å². The molecule has 2 atom stereocenters. The molecule has 114 valence electrons. The van der Waals surface area contributed by atoms with Gasteiger partial charge >= 0.3 is 0 Å². The van der Waals surface area contributed by atoms with Gasteiger partial charge in [-0.3, -0.25) is 0 Å². The summed E-state index contributed by atoms with van der Waals surface area (Å²) < 4.78 is 10.5. The lowest BCUT2D eigenvalue weighted by molar-refractivity contribution is 0.121. The van der Waals surface area contributed by atoms with Crippen molar-refractivity contribution in [2.45, 2.75) is 31.9 Å². The third-order valence-corrected chi connectivity index (χ3v) is 3.32. The van der Waals surface area contributed by atoms with E-state index in [4.69, 9.17) is 14.6 Å². The van der Waals surface area contributed by atoms with E-state index in [-0.39, 0.29) is 12.6 Å². The van der Waals surface area contributed by atoms with Gasteiger partial charge in [-0.05, 0) is 37.6 Å². The van der Waals surface area contributed by atoms with Crippen molar-refractivity contribution in [1.82, 2.24) is 5.32 Å². The molecule has 0 fully saturated rings. The SMILES string of the molecule is CCC(NCCCO)C(O)c1cc(OC)ccc1OC. The molecule has 0 spiro atoms. The fourth-order valence-corrected chi connectivity index (χ4v) is 2.13. The van der Waals surface area contributed by atoms with Crippen LogP contribution in [0.4, 0.5) is 0 Å². The number of hydrogen-bond acceptors (Lipinski definition) is 5. The number of nitrogens with one attached hydrogen (secondary N) is 1. The number of aliphatic hydroxyl groups is 2. The summed E-state index contributed by atoms with van der Waals surface area (Å²) in [5.41, 5.74) is 0.704. The van der Waals surface area contributed by atoms with Crippen molar-refractivity contribution in [2.24, 2.45) is 0 Å². The summed E-state index contributed by atoms with van der Waals surface area (Å²) in [5.74, 6) is 1.32. The van der Waals surface area contributed by atoms with E-state index >= 15 is 0 Å². The minimum absolute atomic E-state index is 0.0949. The van der Waals surface area contributed by atoms with Gasteiger partial charge in [0.2, 0.25) is 0 Å². The van der Waals surface area contributed by atoms with E-state index < -0.39 is 6.10 Å². The summed E-state index contributed by atoms with van der Waals surface area (Å²) >= 11 is 0. The van der Waals surface area contributed by atoms with Gasteiger partial charge < -0.3 is 25.0 Å². The van der Waals surface area contributed by atoms with Crippen molar-refractivity contribution in [3.63, 3.8) is 0 Å². The summed E-state index contributed by atoms with van der Waals surface area (Å²) in [6.07, 6.45) is 0.745. The zero-order valence-electron chi connectivity index (χ0n) is 12.4. The lowest BCUT2D eigenvalue weighted by Gasteiger charge is -2.25. The van der Waals surface area contributed by atoms with E-state index in [9.17, 15) is 5.11 Å². The van der Waals surface area contributed by atoms with E-state index in [1.165, 1.54) is 0 Å². The standard InChI is InChI=1S/C15H25NO4/c1-4-13(16-8-5-9-17)15(18)12-10-11(19-2)6-7-14(12)20-3/h6-7,10,13,15-18H,4-5,8-9H2,1-3H3.